The van der Waals surface area contributed by atoms with Crippen molar-refractivity contribution >= 4 is 11.9 Å². The molecule has 1 aromatic carbocycles. The number of pyridine rings is 1. The monoisotopic (exact) mass is 344 g/mol. The van der Waals surface area contributed by atoms with Crippen LogP contribution >= 0.6 is 0 Å². The highest BCUT2D eigenvalue weighted by atomic mass is 16.5. The van der Waals surface area contributed by atoms with Gasteiger partial charge in [-0.25, -0.2) is 4.79 Å². The number of benzene rings is 1. The minimum Gasteiger partial charge on any atom is -0.489 e. The van der Waals surface area contributed by atoms with Gasteiger partial charge in [0.15, 0.2) is 6.04 Å². The fraction of sp³-hybridized carbons (Fsp3) is 0.278. The standard InChI is InChI=1S/C18H20N2O5/c1-24-12-16(18(22)23)20-17(21)9-13-4-2-6-15(8-13)25-11-14-5-3-7-19-10-14/h2-8,10,16H,9,11-12H2,1H3,(H,20,21)(H,22,23). The van der Waals surface area contributed by atoms with Crippen LogP contribution in [0.25, 0.3) is 0 Å². The SMILES string of the molecule is COCC(NC(=O)Cc1cccc(OCc2cccnc2)c1)C(=O)O. The lowest BCUT2D eigenvalue weighted by Gasteiger charge is -2.13. The van der Waals surface area contributed by atoms with Crippen molar-refractivity contribution in [1.29, 1.82) is 0 Å². The fourth-order valence-electron chi connectivity index (χ4n) is 2.17. The summed E-state index contributed by atoms with van der Waals surface area (Å²) >= 11 is 0. The molecule has 1 amide bonds. The Balaban J connectivity index is 1.91. The molecule has 0 fully saturated rings. The average molecular weight is 344 g/mol. The van der Waals surface area contributed by atoms with Gasteiger partial charge < -0.3 is 19.9 Å². The summed E-state index contributed by atoms with van der Waals surface area (Å²) in [5, 5.41) is 11.5. The number of methoxy groups -OCH3 is 1. The molecule has 0 saturated heterocycles. The van der Waals surface area contributed by atoms with Crippen molar-refractivity contribution in [2.24, 2.45) is 0 Å². The summed E-state index contributed by atoms with van der Waals surface area (Å²) in [6.45, 7) is 0.285. The molecular weight excluding hydrogens is 324 g/mol. The first-order valence-electron chi connectivity index (χ1n) is 7.70. The van der Waals surface area contributed by atoms with Gasteiger partial charge in [-0.2, -0.15) is 0 Å². The van der Waals surface area contributed by atoms with Crippen LogP contribution in [0.1, 0.15) is 11.1 Å². The molecule has 1 unspecified atom stereocenters. The quantitative estimate of drug-likeness (QED) is 0.714. The van der Waals surface area contributed by atoms with Crippen molar-refractivity contribution in [3.05, 3.63) is 59.9 Å². The first-order valence-corrected chi connectivity index (χ1v) is 7.70. The van der Waals surface area contributed by atoms with Gasteiger partial charge in [-0.1, -0.05) is 18.2 Å². The van der Waals surface area contributed by atoms with Gasteiger partial charge in [0.05, 0.1) is 13.0 Å². The number of carboxylic acids is 1. The molecule has 25 heavy (non-hydrogen) atoms. The van der Waals surface area contributed by atoms with Gasteiger partial charge in [0.1, 0.15) is 12.4 Å². The van der Waals surface area contributed by atoms with E-state index in [2.05, 4.69) is 10.3 Å². The molecule has 0 saturated carbocycles. The molecule has 1 aromatic heterocycles. The molecule has 1 heterocycles. The zero-order valence-corrected chi connectivity index (χ0v) is 13.8. The van der Waals surface area contributed by atoms with Gasteiger partial charge in [-0.3, -0.25) is 9.78 Å². The predicted octanol–water partition coefficient (Wildman–Crippen LogP) is 1.42. The second kappa shape index (κ2) is 9.39. The summed E-state index contributed by atoms with van der Waals surface area (Å²) in [6.07, 6.45) is 3.47. The zero-order valence-electron chi connectivity index (χ0n) is 13.8. The Morgan fingerprint density at radius 2 is 2.04 bits per heavy atom. The maximum absolute atomic E-state index is 12.0. The molecule has 132 valence electrons. The molecule has 2 N–H and O–H groups in total. The van der Waals surface area contributed by atoms with E-state index in [1.165, 1.54) is 7.11 Å². The van der Waals surface area contributed by atoms with E-state index in [9.17, 15) is 9.59 Å². The van der Waals surface area contributed by atoms with Crippen molar-refractivity contribution in [2.75, 3.05) is 13.7 Å². The first kappa shape index (κ1) is 18.4. The van der Waals surface area contributed by atoms with Gasteiger partial charge in [-0.05, 0) is 23.8 Å². The number of hydrogen-bond acceptors (Lipinski definition) is 5. The number of nitrogens with zero attached hydrogens (tertiary/aromatic N) is 1. The number of aliphatic carboxylic acids is 1. The highest BCUT2D eigenvalue weighted by Gasteiger charge is 2.19. The zero-order chi connectivity index (χ0) is 18.1. The number of carbonyl (C=O) groups is 2. The van der Waals surface area contributed by atoms with Crippen LogP contribution in [0.3, 0.4) is 0 Å². The van der Waals surface area contributed by atoms with Crippen molar-refractivity contribution in [3.63, 3.8) is 0 Å². The van der Waals surface area contributed by atoms with Gasteiger partial charge in [0, 0.05) is 25.1 Å². The van der Waals surface area contributed by atoms with Crippen LogP contribution in [0, 0.1) is 0 Å². The highest BCUT2D eigenvalue weighted by Crippen LogP contribution is 2.15. The van der Waals surface area contributed by atoms with E-state index in [1.807, 2.05) is 12.1 Å². The number of rotatable bonds is 9. The molecule has 0 aliphatic carbocycles. The fourth-order valence-corrected chi connectivity index (χ4v) is 2.17. The molecule has 0 radical (unpaired) electrons. The minimum atomic E-state index is -1.14. The smallest absolute Gasteiger partial charge is 0.328 e. The summed E-state index contributed by atoms with van der Waals surface area (Å²) in [7, 11) is 1.38. The Morgan fingerprint density at radius 3 is 2.72 bits per heavy atom. The average Bonchev–Trinajstić information content (AvgIpc) is 2.61. The van der Waals surface area contributed by atoms with Crippen molar-refractivity contribution in [3.8, 4) is 5.75 Å². The first-order chi connectivity index (χ1) is 12.1. The topological polar surface area (TPSA) is 97.8 Å². The number of ether oxygens (including phenoxy) is 2. The molecule has 1 atom stereocenters. The normalized spacial score (nSPS) is 11.6. The third kappa shape index (κ3) is 6.23. The van der Waals surface area contributed by atoms with E-state index in [0.717, 1.165) is 11.1 Å². The molecule has 7 heteroatoms. The minimum absolute atomic E-state index is 0.0532. The Morgan fingerprint density at radius 1 is 1.24 bits per heavy atom. The second-order valence-corrected chi connectivity index (χ2v) is 5.39. The maximum Gasteiger partial charge on any atom is 0.328 e. The molecule has 0 bridgehead atoms. The van der Waals surface area contributed by atoms with Crippen molar-refractivity contribution < 1.29 is 24.2 Å². The van der Waals surface area contributed by atoms with Crippen molar-refractivity contribution in [1.82, 2.24) is 10.3 Å². The van der Waals surface area contributed by atoms with Crippen LogP contribution in [0.4, 0.5) is 0 Å². The van der Waals surface area contributed by atoms with E-state index in [1.54, 1.807) is 36.7 Å². The number of carbonyl (C=O) groups excluding carboxylic acids is 1. The number of nitrogens with one attached hydrogen (secondary N) is 1. The van der Waals surface area contributed by atoms with Gasteiger partial charge in [-0.15, -0.1) is 0 Å². The molecule has 2 rings (SSSR count). The lowest BCUT2D eigenvalue weighted by atomic mass is 10.1. The Hall–Kier alpha value is -2.93. The highest BCUT2D eigenvalue weighted by molar-refractivity contribution is 5.85. The molecular formula is C18H20N2O5. The number of carboxylic acid groups (broad SMARTS) is 1. The third-order valence-corrected chi connectivity index (χ3v) is 3.36. The van der Waals surface area contributed by atoms with Crippen LogP contribution in [-0.4, -0.2) is 41.7 Å². The molecule has 0 aliphatic heterocycles. The molecule has 0 aliphatic rings. The third-order valence-electron chi connectivity index (χ3n) is 3.36. The van der Waals surface area contributed by atoms with E-state index < -0.39 is 17.9 Å². The van der Waals surface area contributed by atoms with E-state index in [-0.39, 0.29) is 13.0 Å². The summed E-state index contributed by atoms with van der Waals surface area (Å²) in [4.78, 5) is 27.1. The summed E-state index contributed by atoms with van der Waals surface area (Å²) in [6, 6.07) is 9.78. The summed E-state index contributed by atoms with van der Waals surface area (Å²) in [5.41, 5.74) is 1.66. The molecule has 0 spiro atoms. The van der Waals surface area contributed by atoms with E-state index in [4.69, 9.17) is 14.6 Å². The number of amides is 1. The van der Waals surface area contributed by atoms with Crippen LogP contribution in [0.2, 0.25) is 0 Å². The van der Waals surface area contributed by atoms with Crippen LogP contribution in [0.5, 0.6) is 5.75 Å². The lowest BCUT2D eigenvalue weighted by molar-refractivity contribution is -0.143. The Labute approximate surface area is 145 Å². The molecule has 2 aromatic rings. The van der Waals surface area contributed by atoms with E-state index in [0.29, 0.717) is 12.4 Å². The Kier molecular flexibility index (Phi) is 6.91. The Bertz CT molecular complexity index is 706. The largest absolute Gasteiger partial charge is 0.489 e. The van der Waals surface area contributed by atoms with Gasteiger partial charge >= 0.3 is 5.97 Å². The number of hydrogen-bond donors (Lipinski definition) is 2. The second-order valence-electron chi connectivity index (χ2n) is 5.39. The van der Waals surface area contributed by atoms with Gasteiger partial charge in [0.2, 0.25) is 5.91 Å². The summed E-state index contributed by atoms with van der Waals surface area (Å²) in [5.74, 6) is -0.904. The maximum atomic E-state index is 12.0. The lowest BCUT2D eigenvalue weighted by Crippen LogP contribution is -2.44. The van der Waals surface area contributed by atoms with Gasteiger partial charge in [0.25, 0.3) is 0 Å². The predicted molar refractivity (Wildman–Crippen MR) is 90.2 cm³/mol. The van der Waals surface area contributed by atoms with Crippen molar-refractivity contribution in [2.45, 2.75) is 19.1 Å². The van der Waals surface area contributed by atoms with Crippen LogP contribution in [0.15, 0.2) is 48.8 Å². The summed E-state index contributed by atoms with van der Waals surface area (Å²) < 4.78 is 10.5. The molecule has 7 nitrogen and oxygen atoms in total. The van der Waals surface area contributed by atoms with Crippen LogP contribution < -0.4 is 10.1 Å². The number of aromatic nitrogens is 1. The van der Waals surface area contributed by atoms with E-state index >= 15 is 0 Å². The van der Waals surface area contributed by atoms with Crippen LogP contribution in [-0.2, 0) is 27.4 Å².